The van der Waals surface area contributed by atoms with Gasteiger partial charge in [0.25, 0.3) is 5.56 Å². The number of ether oxygens (including phenoxy) is 2. The SMILES string of the molecule is O=c1ccncn1CC1CCN(CC2(O)COCCOC2)CC1. The Bertz CT molecular complexity index is 546. The molecule has 7 heteroatoms. The van der Waals surface area contributed by atoms with Gasteiger partial charge in [-0.05, 0) is 31.8 Å². The maximum absolute atomic E-state index is 11.7. The lowest BCUT2D eigenvalue weighted by Gasteiger charge is -2.37. The Morgan fingerprint density at radius 2 is 1.96 bits per heavy atom. The van der Waals surface area contributed by atoms with Gasteiger partial charge in [-0.1, -0.05) is 0 Å². The molecule has 1 aromatic heterocycles. The summed E-state index contributed by atoms with van der Waals surface area (Å²) in [5.74, 6) is 0.476. The van der Waals surface area contributed by atoms with Crippen molar-refractivity contribution in [1.82, 2.24) is 14.5 Å². The highest BCUT2D eigenvalue weighted by atomic mass is 16.6. The van der Waals surface area contributed by atoms with Crippen LogP contribution >= 0.6 is 0 Å². The van der Waals surface area contributed by atoms with E-state index < -0.39 is 5.60 Å². The Morgan fingerprint density at radius 3 is 2.61 bits per heavy atom. The van der Waals surface area contributed by atoms with Crippen molar-refractivity contribution in [2.24, 2.45) is 5.92 Å². The Hall–Kier alpha value is -1.28. The molecule has 0 unspecified atom stereocenters. The highest BCUT2D eigenvalue weighted by Gasteiger charge is 2.33. The normalized spacial score (nSPS) is 23.5. The van der Waals surface area contributed by atoms with Crippen molar-refractivity contribution >= 4 is 0 Å². The lowest BCUT2D eigenvalue weighted by Crippen LogP contribution is -2.51. The number of β-amino-alcohol motifs (C(OH)–C–C–N with tert-alkyl or cyclic N) is 1. The molecule has 2 fully saturated rings. The fourth-order valence-electron chi connectivity index (χ4n) is 3.31. The second kappa shape index (κ2) is 7.53. The maximum Gasteiger partial charge on any atom is 0.253 e. The van der Waals surface area contributed by atoms with Crippen LogP contribution < -0.4 is 5.56 Å². The van der Waals surface area contributed by atoms with Gasteiger partial charge in [0.1, 0.15) is 5.60 Å². The Kier molecular flexibility index (Phi) is 5.42. The van der Waals surface area contributed by atoms with E-state index in [-0.39, 0.29) is 5.56 Å². The smallest absolute Gasteiger partial charge is 0.253 e. The Balaban J connectivity index is 1.48. The van der Waals surface area contributed by atoms with Gasteiger partial charge in [-0.15, -0.1) is 0 Å². The second-order valence-corrected chi connectivity index (χ2v) is 6.62. The molecule has 23 heavy (non-hydrogen) atoms. The standard InChI is InChI=1S/C16H25N3O4/c20-15-1-4-17-13-19(15)9-14-2-5-18(6-3-14)10-16(21)11-22-7-8-23-12-16/h1,4,13-14,21H,2-3,5-12H2. The van der Waals surface area contributed by atoms with Crippen LogP contribution in [-0.2, 0) is 16.0 Å². The summed E-state index contributed by atoms with van der Waals surface area (Å²) in [6.07, 6.45) is 5.16. The predicted octanol–water partition coefficient (Wildman–Crippen LogP) is -0.267. The van der Waals surface area contributed by atoms with Crippen LogP contribution in [0.4, 0.5) is 0 Å². The molecule has 0 aromatic carbocycles. The topological polar surface area (TPSA) is 76.8 Å². The quantitative estimate of drug-likeness (QED) is 0.822. The average Bonchev–Trinajstić information content (AvgIpc) is 2.76. The first-order valence-electron chi connectivity index (χ1n) is 8.25. The lowest BCUT2D eigenvalue weighted by molar-refractivity contribution is -0.0780. The van der Waals surface area contributed by atoms with Gasteiger partial charge in [-0.2, -0.15) is 0 Å². The molecule has 0 spiro atoms. The first-order valence-corrected chi connectivity index (χ1v) is 8.25. The van der Waals surface area contributed by atoms with Gasteiger partial charge in [-0.3, -0.25) is 9.36 Å². The van der Waals surface area contributed by atoms with Crippen LogP contribution in [0.1, 0.15) is 12.8 Å². The largest absolute Gasteiger partial charge is 0.384 e. The molecule has 7 nitrogen and oxygen atoms in total. The number of aliphatic hydroxyl groups is 1. The van der Waals surface area contributed by atoms with Gasteiger partial charge in [-0.25, -0.2) is 4.98 Å². The van der Waals surface area contributed by atoms with Crippen molar-refractivity contribution in [2.75, 3.05) is 46.1 Å². The molecule has 0 radical (unpaired) electrons. The molecule has 2 saturated heterocycles. The van der Waals surface area contributed by atoms with E-state index in [1.54, 1.807) is 10.9 Å². The minimum Gasteiger partial charge on any atom is -0.384 e. The van der Waals surface area contributed by atoms with Crippen molar-refractivity contribution in [3.8, 4) is 0 Å². The Labute approximate surface area is 135 Å². The van der Waals surface area contributed by atoms with Gasteiger partial charge in [0.2, 0.25) is 0 Å². The van der Waals surface area contributed by atoms with E-state index in [0.717, 1.165) is 32.5 Å². The molecule has 0 saturated carbocycles. The average molecular weight is 323 g/mol. The number of hydrogen-bond donors (Lipinski definition) is 1. The van der Waals surface area contributed by atoms with E-state index in [2.05, 4.69) is 9.88 Å². The summed E-state index contributed by atoms with van der Waals surface area (Å²) in [5, 5.41) is 10.6. The zero-order valence-corrected chi connectivity index (χ0v) is 13.4. The molecule has 128 valence electrons. The van der Waals surface area contributed by atoms with Crippen molar-refractivity contribution in [2.45, 2.75) is 25.0 Å². The van der Waals surface area contributed by atoms with E-state index in [1.165, 1.54) is 12.3 Å². The van der Waals surface area contributed by atoms with Crippen molar-refractivity contribution in [1.29, 1.82) is 0 Å². The van der Waals surface area contributed by atoms with Crippen LogP contribution in [-0.4, -0.2) is 71.2 Å². The molecule has 0 atom stereocenters. The number of likely N-dealkylation sites (tertiary alicyclic amines) is 1. The van der Waals surface area contributed by atoms with Crippen LogP contribution in [0.15, 0.2) is 23.4 Å². The summed E-state index contributed by atoms with van der Waals surface area (Å²) in [5.41, 5.74) is -0.909. The van der Waals surface area contributed by atoms with Gasteiger partial charge < -0.3 is 19.5 Å². The van der Waals surface area contributed by atoms with Crippen LogP contribution in [0.25, 0.3) is 0 Å². The van der Waals surface area contributed by atoms with E-state index in [0.29, 0.717) is 38.9 Å². The molecular formula is C16H25N3O4. The van der Waals surface area contributed by atoms with Gasteiger partial charge in [0.05, 0.1) is 32.8 Å². The molecule has 2 aliphatic heterocycles. The third-order valence-corrected chi connectivity index (χ3v) is 4.59. The van der Waals surface area contributed by atoms with Gasteiger partial charge in [0.15, 0.2) is 0 Å². The minimum atomic E-state index is -0.913. The summed E-state index contributed by atoms with van der Waals surface area (Å²) in [7, 11) is 0. The first-order chi connectivity index (χ1) is 11.1. The molecule has 1 N–H and O–H groups in total. The van der Waals surface area contributed by atoms with Crippen molar-refractivity contribution in [3.63, 3.8) is 0 Å². The first kappa shape index (κ1) is 16.6. The molecule has 0 bridgehead atoms. The van der Waals surface area contributed by atoms with Gasteiger partial charge in [0, 0.05) is 25.4 Å². The summed E-state index contributed by atoms with van der Waals surface area (Å²) in [6, 6.07) is 1.50. The summed E-state index contributed by atoms with van der Waals surface area (Å²) in [6.45, 7) is 4.89. The van der Waals surface area contributed by atoms with Gasteiger partial charge >= 0.3 is 0 Å². The minimum absolute atomic E-state index is 0.00416. The molecule has 1 aromatic rings. The summed E-state index contributed by atoms with van der Waals surface area (Å²) >= 11 is 0. The number of nitrogens with zero attached hydrogens (tertiary/aromatic N) is 3. The molecule has 3 heterocycles. The Morgan fingerprint density at radius 1 is 1.26 bits per heavy atom. The number of hydrogen-bond acceptors (Lipinski definition) is 6. The lowest BCUT2D eigenvalue weighted by atomic mass is 9.95. The van der Waals surface area contributed by atoms with Crippen molar-refractivity contribution in [3.05, 3.63) is 28.9 Å². The number of aromatic nitrogens is 2. The molecule has 0 aliphatic carbocycles. The predicted molar refractivity (Wildman–Crippen MR) is 84.2 cm³/mol. The van der Waals surface area contributed by atoms with E-state index in [9.17, 15) is 9.90 Å². The van der Waals surface area contributed by atoms with E-state index >= 15 is 0 Å². The van der Waals surface area contributed by atoms with Crippen LogP contribution in [0.2, 0.25) is 0 Å². The zero-order valence-electron chi connectivity index (χ0n) is 13.4. The van der Waals surface area contributed by atoms with E-state index in [1.807, 2.05) is 0 Å². The fraction of sp³-hybridized carbons (Fsp3) is 0.750. The third kappa shape index (κ3) is 4.60. The highest BCUT2D eigenvalue weighted by Crippen LogP contribution is 2.21. The maximum atomic E-state index is 11.7. The third-order valence-electron chi connectivity index (χ3n) is 4.59. The van der Waals surface area contributed by atoms with Crippen LogP contribution in [0.5, 0.6) is 0 Å². The molecule has 3 rings (SSSR count). The summed E-state index contributed by atoms with van der Waals surface area (Å²) < 4.78 is 12.5. The zero-order chi connectivity index (χ0) is 16.1. The second-order valence-electron chi connectivity index (χ2n) is 6.62. The van der Waals surface area contributed by atoms with E-state index in [4.69, 9.17) is 9.47 Å². The molecule has 2 aliphatic rings. The van der Waals surface area contributed by atoms with Crippen molar-refractivity contribution < 1.29 is 14.6 Å². The molecule has 0 amide bonds. The monoisotopic (exact) mass is 323 g/mol. The number of rotatable bonds is 4. The summed E-state index contributed by atoms with van der Waals surface area (Å²) in [4.78, 5) is 18.0. The van der Waals surface area contributed by atoms with Crippen LogP contribution in [0.3, 0.4) is 0 Å². The highest BCUT2D eigenvalue weighted by molar-refractivity contribution is 4.87. The number of piperidine rings is 1. The van der Waals surface area contributed by atoms with Crippen LogP contribution in [0, 0.1) is 5.92 Å². The molecular weight excluding hydrogens is 298 g/mol. The fourth-order valence-corrected chi connectivity index (χ4v) is 3.31.